The molecule has 1 aromatic carbocycles. The third-order valence-corrected chi connectivity index (χ3v) is 4.93. The van der Waals surface area contributed by atoms with E-state index in [-0.39, 0.29) is 0 Å². The highest BCUT2D eigenvalue weighted by molar-refractivity contribution is 14.1. The monoisotopic (exact) mass is 331 g/mol. The molecule has 4 heteroatoms. The number of anilines is 1. The first-order valence-electron chi connectivity index (χ1n) is 4.10. The van der Waals surface area contributed by atoms with E-state index in [9.17, 15) is 0 Å². The molecular formula is C10H6INS2. The normalized spacial score (nSPS) is 11.5. The standard InChI is InChI=1S/C10H6INS2/c11-9-3-5-1-8-6(2-7(5)13-9)4-10(12)14-8/h1-4H,12H2. The van der Waals surface area contributed by atoms with Gasteiger partial charge in [0.05, 0.1) is 7.88 Å². The number of nitrogen functional groups attached to an aromatic ring is 1. The quantitative estimate of drug-likeness (QED) is 0.611. The predicted molar refractivity (Wildman–Crippen MR) is 74.3 cm³/mol. The molecule has 70 valence electrons. The highest BCUT2D eigenvalue weighted by Crippen LogP contribution is 2.35. The summed E-state index contributed by atoms with van der Waals surface area (Å²) in [6.07, 6.45) is 0. The molecule has 2 heterocycles. The van der Waals surface area contributed by atoms with Crippen LogP contribution in [-0.2, 0) is 0 Å². The number of hydrogen-bond donors (Lipinski definition) is 1. The van der Waals surface area contributed by atoms with Gasteiger partial charge in [-0.25, -0.2) is 0 Å². The molecular weight excluding hydrogens is 325 g/mol. The lowest BCUT2D eigenvalue weighted by molar-refractivity contribution is 1.97. The number of halogens is 1. The molecule has 0 aliphatic carbocycles. The molecule has 2 aromatic heterocycles. The van der Waals surface area contributed by atoms with Crippen molar-refractivity contribution in [2.75, 3.05) is 5.73 Å². The Morgan fingerprint density at radius 3 is 2.36 bits per heavy atom. The van der Waals surface area contributed by atoms with E-state index in [1.807, 2.05) is 17.4 Å². The molecule has 2 N–H and O–H groups in total. The van der Waals surface area contributed by atoms with Gasteiger partial charge in [0, 0.05) is 9.40 Å². The fraction of sp³-hybridized carbons (Fsp3) is 0. The van der Waals surface area contributed by atoms with E-state index < -0.39 is 0 Å². The minimum absolute atomic E-state index is 0.896. The summed E-state index contributed by atoms with van der Waals surface area (Å²) in [5, 5.41) is 3.49. The first kappa shape index (κ1) is 8.94. The Bertz CT molecular complexity index is 521. The lowest BCUT2D eigenvalue weighted by Gasteiger charge is -1.89. The minimum atomic E-state index is 0.896. The lowest BCUT2D eigenvalue weighted by atomic mass is 10.2. The zero-order chi connectivity index (χ0) is 9.71. The Morgan fingerprint density at radius 2 is 1.57 bits per heavy atom. The Kier molecular flexibility index (Phi) is 1.97. The van der Waals surface area contributed by atoms with E-state index in [2.05, 4.69) is 40.8 Å². The van der Waals surface area contributed by atoms with Crippen LogP contribution in [0.5, 0.6) is 0 Å². The maximum Gasteiger partial charge on any atom is 0.0868 e. The van der Waals surface area contributed by atoms with Crippen LogP contribution in [0.25, 0.3) is 20.2 Å². The number of benzene rings is 1. The summed E-state index contributed by atoms with van der Waals surface area (Å²) >= 11 is 5.85. The van der Waals surface area contributed by atoms with Gasteiger partial charge in [-0.2, -0.15) is 0 Å². The van der Waals surface area contributed by atoms with Gasteiger partial charge in [-0.15, -0.1) is 22.7 Å². The van der Waals surface area contributed by atoms with E-state index in [1.165, 1.54) is 23.1 Å². The largest absolute Gasteiger partial charge is 0.391 e. The topological polar surface area (TPSA) is 26.0 Å². The zero-order valence-corrected chi connectivity index (χ0v) is 10.9. The van der Waals surface area contributed by atoms with Crippen LogP contribution in [0.3, 0.4) is 0 Å². The van der Waals surface area contributed by atoms with Crippen molar-refractivity contribution in [3.8, 4) is 0 Å². The smallest absolute Gasteiger partial charge is 0.0868 e. The van der Waals surface area contributed by atoms with Crippen LogP contribution in [0.15, 0.2) is 24.3 Å². The van der Waals surface area contributed by atoms with Crippen molar-refractivity contribution in [1.82, 2.24) is 0 Å². The SMILES string of the molecule is Nc1cc2cc3sc(I)cc3cc2s1. The maximum absolute atomic E-state index is 5.77. The van der Waals surface area contributed by atoms with Gasteiger partial charge >= 0.3 is 0 Å². The fourth-order valence-electron chi connectivity index (χ4n) is 1.56. The van der Waals surface area contributed by atoms with Crippen molar-refractivity contribution in [3.05, 3.63) is 27.1 Å². The second-order valence-electron chi connectivity index (χ2n) is 3.13. The third-order valence-electron chi connectivity index (χ3n) is 2.14. The van der Waals surface area contributed by atoms with Crippen LogP contribution in [0.2, 0.25) is 0 Å². The summed E-state index contributed by atoms with van der Waals surface area (Å²) in [5.74, 6) is 0. The summed E-state index contributed by atoms with van der Waals surface area (Å²) in [6.45, 7) is 0. The molecule has 0 spiro atoms. The molecule has 0 bridgehead atoms. The number of thiophene rings is 2. The Labute approximate surface area is 103 Å². The fourth-order valence-corrected chi connectivity index (χ4v) is 4.29. The van der Waals surface area contributed by atoms with Crippen molar-refractivity contribution in [3.63, 3.8) is 0 Å². The van der Waals surface area contributed by atoms with Crippen molar-refractivity contribution in [2.24, 2.45) is 0 Å². The molecule has 14 heavy (non-hydrogen) atoms. The Morgan fingerprint density at radius 1 is 0.929 bits per heavy atom. The first-order valence-corrected chi connectivity index (χ1v) is 6.82. The van der Waals surface area contributed by atoms with Gasteiger partial charge in [0.2, 0.25) is 0 Å². The summed E-state index contributed by atoms with van der Waals surface area (Å²) in [4.78, 5) is 0. The Balaban J connectivity index is 2.49. The second-order valence-corrected chi connectivity index (χ2v) is 7.22. The maximum atomic E-state index is 5.77. The van der Waals surface area contributed by atoms with Gasteiger partial charge in [-0.3, -0.25) is 0 Å². The van der Waals surface area contributed by atoms with Crippen LogP contribution in [0.1, 0.15) is 0 Å². The van der Waals surface area contributed by atoms with Gasteiger partial charge in [0.25, 0.3) is 0 Å². The average Bonchev–Trinajstić information content (AvgIpc) is 2.59. The van der Waals surface area contributed by atoms with Crippen LogP contribution < -0.4 is 5.73 Å². The molecule has 0 atom stereocenters. The van der Waals surface area contributed by atoms with Crippen molar-refractivity contribution in [2.45, 2.75) is 0 Å². The summed E-state index contributed by atoms with van der Waals surface area (Å²) in [6, 6.07) is 8.72. The summed E-state index contributed by atoms with van der Waals surface area (Å²) in [5.41, 5.74) is 5.77. The third kappa shape index (κ3) is 1.32. The minimum Gasteiger partial charge on any atom is -0.391 e. The van der Waals surface area contributed by atoms with Crippen LogP contribution in [0.4, 0.5) is 5.00 Å². The molecule has 0 saturated heterocycles. The second kappa shape index (κ2) is 3.08. The number of nitrogens with two attached hydrogens (primary N) is 1. The van der Waals surface area contributed by atoms with Gasteiger partial charge in [-0.05, 0) is 57.6 Å². The molecule has 0 aliphatic rings. The summed E-state index contributed by atoms with van der Waals surface area (Å²) < 4.78 is 3.96. The number of rotatable bonds is 0. The van der Waals surface area contributed by atoms with Gasteiger partial charge in [0.1, 0.15) is 0 Å². The van der Waals surface area contributed by atoms with Crippen molar-refractivity contribution < 1.29 is 0 Å². The van der Waals surface area contributed by atoms with Crippen LogP contribution >= 0.6 is 45.3 Å². The molecule has 3 aromatic rings. The van der Waals surface area contributed by atoms with Crippen molar-refractivity contribution in [1.29, 1.82) is 0 Å². The average molecular weight is 331 g/mol. The molecule has 0 radical (unpaired) electrons. The molecule has 0 amide bonds. The van der Waals surface area contributed by atoms with Gasteiger partial charge < -0.3 is 5.73 Å². The molecule has 0 aliphatic heterocycles. The zero-order valence-electron chi connectivity index (χ0n) is 7.08. The van der Waals surface area contributed by atoms with E-state index in [0.29, 0.717) is 0 Å². The van der Waals surface area contributed by atoms with E-state index in [1.54, 1.807) is 11.3 Å². The molecule has 0 saturated carbocycles. The highest BCUT2D eigenvalue weighted by Gasteiger charge is 2.04. The van der Waals surface area contributed by atoms with E-state index >= 15 is 0 Å². The molecule has 3 rings (SSSR count). The van der Waals surface area contributed by atoms with Gasteiger partial charge in [0.15, 0.2) is 0 Å². The van der Waals surface area contributed by atoms with E-state index in [4.69, 9.17) is 5.73 Å². The van der Waals surface area contributed by atoms with Crippen LogP contribution in [0, 0.1) is 2.88 Å². The highest BCUT2D eigenvalue weighted by atomic mass is 127. The van der Waals surface area contributed by atoms with Crippen LogP contribution in [-0.4, -0.2) is 0 Å². The predicted octanol–water partition coefficient (Wildman–Crippen LogP) is 4.30. The Hall–Kier alpha value is -0.330. The first-order chi connectivity index (χ1) is 6.72. The molecule has 0 unspecified atom stereocenters. The van der Waals surface area contributed by atoms with E-state index in [0.717, 1.165) is 5.00 Å². The molecule has 0 fully saturated rings. The summed E-state index contributed by atoms with van der Waals surface area (Å²) in [7, 11) is 0. The number of hydrogen-bond acceptors (Lipinski definition) is 3. The molecule has 1 nitrogen and oxygen atoms in total. The lowest BCUT2D eigenvalue weighted by Crippen LogP contribution is -1.72. The van der Waals surface area contributed by atoms with Crippen molar-refractivity contribution >= 4 is 70.4 Å². The van der Waals surface area contributed by atoms with Gasteiger partial charge in [-0.1, -0.05) is 0 Å². The number of fused-ring (bicyclic) bond motifs is 2.